The molecule has 0 atom stereocenters. The van der Waals surface area contributed by atoms with Crippen molar-refractivity contribution in [2.75, 3.05) is 0 Å². The molecule has 0 aliphatic carbocycles. The zero-order chi connectivity index (χ0) is 24.1. The zero-order valence-corrected chi connectivity index (χ0v) is 28.1. The van der Waals surface area contributed by atoms with Crippen LogP contribution in [0.3, 0.4) is 0 Å². The Morgan fingerprint density at radius 3 is 0.939 bits per heavy atom. The van der Waals surface area contributed by atoms with E-state index in [-0.39, 0.29) is 7.83 Å². The minimum absolute atomic E-state index is 0.175. The lowest BCUT2D eigenvalue weighted by Crippen LogP contribution is -2.30. The number of rotatable bonds is 29. The van der Waals surface area contributed by atoms with Crippen LogP contribution in [-0.2, 0) is 0 Å². The van der Waals surface area contributed by atoms with Crippen molar-refractivity contribution in [2.45, 2.75) is 193 Å². The van der Waals surface area contributed by atoms with Gasteiger partial charge in [0.05, 0.1) is 0 Å². The van der Waals surface area contributed by atoms with Crippen molar-refractivity contribution in [2.24, 2.45) is 0 Å². The molecule has 0 fully saturated rings. The number of hydrogen-bond donors (Lipinski definition) is 0. The summed E-state index contributed by atoms with van der Waals surface area (Å²) >= 11 is 0. The molecule has 0 nitrogen and oxygen atoms in total. The Kier molecular flexibility index (Phi) is 31.3. The summed E-state index contributed by atoms with van der Waals surface area (Å²) in [4.78, 5) is 0. The molecule has 3 heteroatoms. The van der Waals surface area contributed by atoms with E-state index in [1.165, 1.54) is 109 Å². The molecular formula is C30H68Si3. The van der Waals surface area contributed by atoms with Crippen LogP contribution >= 0.6 is 0 Å². The fourth-order valence-corrected chi connectivity index (χ4v) is 27.0. The summed E-state index contributed by atoms with van der Waals surface area (Å²) in [5, 5.41) is 0. The zero-order valence-electron chi connectivity index (χ0n) is 24.1. The smallest absolute Gasteiger partial charge is 0.0128 e. The summed E-state index contributed by atoms with van der Waals surface area (Å²) in [6.45, 7) is 6.99. The van der Waals surface area contributed by atoms with E-state index in [9.17, 15) is 0 Å². The minimum atomic E-state index is -0.175. The van der Waals surface area contributed by atoms with Crippen LogP contribution in [0.25, 0.3) is 0 Å². The average molecular weight is 513 g/mol. The van der Waals surface area contributed by atoms with Gasteiger partial charge in [0.15, 0.2) is 0 Å². The molecule has 0 heterocycles. The normalized spacial score (nSPS) is 13.2. The van der Waals surface area contributed by atoms with Crippen molar-refractivity contribution >= 4 is 25.9 Å². The Hall–Kier alpha value is 0.651. The Morgan fingerprint density at radius 1 is 0.333 bits per heavy atom. The van der Waals surface area contributed by atoms with Gasteiger partial charge in [-0.25, -0.2) is 0 Å². The van der Waals surface area contributed by atoms with E-state index in [0.29, 0.717) is 18.1 Å². The van der Waals surface area contributed by atoms with Gasteiger partial charge in [0.25, 0.3) is 0 Å². The van der Waals surface area contributed by atoms with Crippen LogP contribution in [0.5, 0.6) is 0 Å². The van der Waals surface area contributed by atoms with Crippen molar-refractivity contribution in [3.05, 3.63) is 0 Å². The topological polar surface area (TPSA) is 0 Å². The third-order valence-electron chi connectivity index (χ3n) is 7.90. The minimum Gasteiger partial charge on any atom is -0.0654 e. The first kappa shape index (κ1) is 33.7. The molecule has 0 radical (unpaired) electrons. The molecule has 0 aliphatic rings. The summed E-state index contributed by atoms with van der Waals surface area (Å²) < 4.78 is 0. The highest BCUT2D eigenvalue weighted by atomic mass is 29.6. The lowest BCUT2D eigenvalue weighted by atomic mass is 10.1. The molecule has 200 valence electrons. The maximum absolute atomic E-state index is 2.33. The quantitative estimate of drug-likeness (QED) is 0.0690. The fraction of sp³-hybridized carbons (Fsp3) is 1.00. The standard InChI is InChI=1S/C30H68Si3/c1-4-7-10-13-16-19-22-25-28-31-33(30-27-24-21-18-15-12-9-6-3)32-29-26-23-20-17-14-11-8-5-2/h33H,4-32H2,1-3H3. The second-order valence-electron chi connectivity index (χ2n) is 11.4. The lowest BCUT2D eigenvalue weighted by Gasteiger charge is -2.15. The van der Waals surface area contributed by atoms with Crippen molar-refractivity contribution in [3.8, 4) is 0 Å². The van der Waals surface area contributed by atoms with Gasteiger partial charge in [0.1, 0.15) is 0 Å². The molecular weight excluding hydrogens is 445 g/mol. The fourth-order valence-electron chi connectivity index (χ4n) is 5.49. The van der Waals surface area contributed by atoms with Crippen LogP contribution in [0.4, 0.5) is 0 Å². The van der Waals surface area contributed by atoms with Gasteiger partial charge in [-0.2, -0.15) is 0 Å². The van der Waals surface area contributed by atoms with Crippen LogP contribution < -0.4 is 0 Å². The highest BCUT2D eigenvalue weighted by Crippen LogP contribution is 2.15. The third kappa shape index (κ3) is 28.8. The molecule has 0 amide bonds. The molecule has 0 rings (SSSR count). The van der Waals surface area contributed by atoms with Crippen LogP contribution in [0, 0.1) is 0 Å². The molecule has 0 aliphatic heterocycles. The Morgan fingerprint density at radius 2 is 0.606 bits per heavy atom. The number of hydrogen-bond acceptors (Lipinski definition) is 0. The molecule has 0 spiro atoms. The van der Waals surface area contributed by atoms with Crippen molar-refractivity contribution < 1.29 is 0 Å². The first-order chi connectivity index (χ1) is 16.3. The monoisotopic (exact) mass is 512 g/mol. The summed E-state index contributed by atoms with van der Waals surface area (Å²) in [7, 11) is 0.573. The van der Waals surface area contributed by atoms with Gasteiger partial charge >= 0.3 is 0 Å². The molecule has 0 aromatic heterocycles. The summed E-state index contributed by atoms with van der Waals surface area (Å²) in [6.07, 6.45) is 36.3. The maximum atomic E-state index is 2.33. The third-order valence-corrected chi connectivity index (χ3v) is 29.7. The van der Waals surface area contributed by atoms with Crippen molar-refractivity contribution in [1.29, 1.82) is 0 Å². The van der Waals surface area contributed by atoms with Gasteiger partial charge in [-0.1, -0.05) is 193 Å². The van der Waals surface area contributed by atoms with Gasteiger partial charge in [-0.3, -0.25) is 0 Å². The van der Waals surface area contributed by atoms with Crippen LogP contribution in [0.2, 0.25) is 18.1 Å². The van der Waals surface area contributed by atoms with Gasteiger partial charge in [0.2, 0.25) is 0 Å². The Bertz CT molecular complexity index is 313. The van der Waals surface area contributed by atoms with Gasteiger partial charge < -0.3 is 0 Å². The molecule has 0 saturated carbocycles. The van der Waals surface area contributed by atoms with Crippen molar-refractivity contribution in [1.82, 2.24) is 0 Å². The molecule has 0 N–H and O–H groups in total. The average Bonchev–Trinajstić information content (AvgIpc) is 2.83. The van der Waals surface area contributed by atoms with Crippen LogP contribution in [0.1, 0.15) is 175 Å². The van der Waals surface area contributed by atoms with Crippen molar-refractivity contribution in [3.63, 3.8) is 0 Å². The highest BCUT2D eigenvalue weighted by molar-refractivity contribution is 7.39. The first-order valence-electron chi connectivity index (χ1n) is 16.3. The second kappa shape index (κ2) is 30.7. The predicted molar refractivity (Wildman–Crippen MR) is 166 cm³/mol. The van der Waals surface area contributed by atoms with Gasteiger partial charge in [-0.05, 0) is 0 Å². The van der Waals surface area contributed by atoms with Crippen LogP contribution in [-0.4, -0.2) is 25.9 Å². The summed E-state index contributed by atoms with van der Waals surface area (Å²) in [5.74, 6) is 0. The largest absolute Gasteiger partial charge is 0.0654 e. The predicted octanol–water partition coefficient (Wildman–Crippen LogP) is 9.80. The molecule has 0 bridgehead atoms. The van der Waals surface area contributed by atoms with E-state index in [2.05, 4.69) is 20.8 Å². The first-order valence-corrected chi connectivity index (χ1v) is 25.7. The molecule has 0 unspecified atom stereocenters. The number of unbranched alkanes of at least 4 members (excludes halogenated alkanes) is 21. The Labute approximate surface area is 218 Å². The summed E-state index contributed by atoms with van der Waals surface area (Å²) in [6, 6.07) is 5.28. The molecule has 0 aromatic rings. The van der Waals surface area contributed by atoms with E-state index < -0.39 is 0 Å². The SMILES string of the molecule is CCCCCCCCCC[SiH2][SiH](CCCCCCCCCC)[SiH2]CCCCCCCCCC. The summed E-state index contributed by atoms with van der Waals surface area (Å²) in [5.41, 5.74) is 0. The van der Waals surface area contributed by atoms with E-state index in [0.717, 1.165) is 0 Å². The molecule has 0 saturated heterocycles. The van der Waals surface area contributed by atoms with Crippen LogP contribution in [0.15, 0.2) is 0 Å². The molecule has 33 heavy (non-hydrogen) atoms. The van der Waals surface area contributed by atoms with Gasteiger partial charge in [-0.15, -0.1) is 0 Å². The lowest BCUT2D eigenvalue weighted by molar-refractivity contribution is 0.584. The molecule has 0 aromatic carbocycles. The Balaban J connectivity index is 3.84. The van der Waals surface area contributed by atoms with E-state index in [1.54, 1.807) is 63.1 Å². The van der Waals surface area contributed by atoms with E-state index in [4.69, 9.17) is 0 Å². The second-order valence-corrected chi connectivity index (χ2v) is 30.1. The highest BCUT2D eigenvalue weighted by Gasteiger charge is 2.11. The van der Waals surface area contributed by atoms with E-state index >= 15 is 0 Å². The maximum Gasteiger partial charge on any atom is 0.0128 e. The van der Waals surface area contributed by atoms with Gasteiger partial charge in [0, 0.05) is 25.9 Å². The van der Waals surface area contributed by atoms with E-state index in [1.807, 2.05) is 0 Å².